The second-order valence-electron chi connectivity index (χ2n) is 21.0. The van der Waals surface area contributed by atoms with Crippen molar-refractivity contribution in [2.45, 2.75) is 228 Å². The number of nitrogens with two attached hydrogens (primary N) is 1. The van der Waals surface area contributed by atoms with Crippen molar-refractivity contribution in [2.75, 3.05) is 13.2 Å². The van der Waals surface area contributed by atoms with E-state index in [2.05, 4.69) is 135 Å². The number of hydrogen-bond donors (Lipinski definition) is 2. The van der Waals surface area contributed by atoms with Crippen LogP contribution in [0.15, 0.2) is 24.3 Å². The van der Waals surface area contributed by atoms with Gasteiger partial charge in [0, 0.05) is 28.3 Å². The maximum Gasteiger partial charge on any atom is 0.130 e. The van der Waals surface area contributed by atoms with Gasteiger partial charge in [-0.15, -0.1) is 0 Å². The van der Waals surface area contributed by atoms with Gasteiger partial charge in [-0.3, -0.25) is 0 Å². The van der Waals surface area contributed by atoms with Crippen LogP contribution in [0, 0.1) is 5.92 Å². The molecule has 0 amide bonds. The first-order valence-corrected chi connectivity index (χ1v) is 22.0. The van der Waals surface area contributed by atoms with Gasteiger partial charge in [0.25, 0.3) is 0 Å². The second-order valence-corrected chi connectivity index (χ2v) is 21.0. The molecule has 2 rings (SSSR count). The molecule has 0 radical (unpaired) electrons. The zero-order valence-electron chi connectivity index (χ0n) is 38.4. The number of unbranched alkanes of at least 4 members (excludes halogenated alkanes) is 10. The molecule has 2 aromatic carbocycles. The Morgan fingerprint density at radius 2 is 0.778 bits per heavy atom. The van der Waals surface area contributed by atoms with Crippen LogP contribution in [0.2, 0.25) is 0 Å². The van der Waals surface area contributed by atoms with Crippen LogP contribution in [-0.2, 0) is 27.3 Å². The molecule has 0 aliphatic rings. The van der Waals surface area contributed by atoms with Crippen LogP contribution in [0.5, 0.6) is 11.5 Å². The molecule has 0 bridgehead atoms. The molecule has 3 N–H and O–H groups in total. The van der Waals surface area contributed by atoms with Gasteiger partial charge in [-0.2, -0.15) is 0 Å². The molecule has 0 saturated heterocycles. The van der Waals surface area contributed by atoms with Crippen LogP contribution in [0.4, 0.5) is 0 Å². The lowest BCUT2D eigenvalue weighted by Crippen LogP contribution is -2.48. The average molecular weight is 750 g/mol. The van der Waals surface area contributed by atoms with Crippen molar-refractivity contribution in [3.63, 3.8) is 0 Å². The highest BCUT2D eigenvalue weighted by atomic mass is 16.5. The third-order valence-electron chi connectivity index (χ3n) is 11.0. The summed E-state index contributed by atoms with van der Waals surface area (Å²) in [6.45, 7) is 37.4. The van der Waals surface area contributed by atoms with E-state index in [0.717, 1.165) is 57.7 Å². The third-order valence-corrected chi connectivity index (χ3v) is 11.0. The van der Waals surface area contributed by atoms with Gasteiger partial charge in [0.15, 0.2) is 0 Å². The summed E-state index contributed by atoms with van der Waals surface area (Å²) in [6.07, 6.45) is 15.3. The van der Waals surface area contributed by atoms with Gasteiger partial charge in [-0.05, 0) is 82.2 Å². The van der Waals surface area contributed by atoms with Gasteiger partial charge < -0.3 is 20.3 Å². The lowest BCUT2D eigenvalue weighted by molar-refractivity contribution is 0.0435. The maximum atomic E-state index is 13.6. The monoisotopic (exact) mass is 750 g/mol. The van der Waals surface area contributed by atoms with E-state index in [-0.39, 0.29) is 21.7 Å². The van der Waals surface area contributed by atoms with Crippen molar-refractivity contribution in [1.82, 2.24) is 0 Å². The summed E-state index contributed by atoms with van der Waals surface area (Å²) in [6, 6.07) is 8.36. The van der Waals surface area contributed by atoms with E-state index in [1.165, 1.54) is 64.2 Å². The molecule has 1 atom stereocenters. The Morgan fingerprint density at radius 1 is 0.500 bits per heavy atom. The summed E-state index contributed by atoms with van der Waals surface area (Å²) in [5.41, 5.74) is 11.1. The van der Waals surface area contributed by atoms with Crippen LogP contribution in [0.25, 0.3) is 0 Å². The minimum Gasteiger partial charge on any atom is -0.493 e. The van der Waals surface area contributed by atoms with E-state index in [9.17, 15) is 5.11 Å². The van der Waals surface area contributed by atoms with Crippen LogP contribution >= 0.6 is 0 Å². The van der Waals surface area contributed by atoms with Gasteiger partial charge in [-0.25, -0.2) is 0 Å². The number of hydrogen-bond acceptors (Lipinski definition) is 4. The summed E-state index contributed by atoms with van der Waals surface area (Å²) in [5.74, 6) is 2.24. The maximum absolute atomic E-state index is 13.6. The molecule has 2 aromatic rings. The van der Waals surface area contributed by atoms with Gasteiger partial charge in [-0.1, -0.05) is 175 Å². The Hall–Kier alpha value is -2.04. The molecule has 310 valence electrons. The zero-order valence-corrected chi connectivity index (χ0v) is 38.4. The highest BCUT2D eigenvalue weighted by molar-refractivity contribution is 5.58. The normalized spacial score (nSPS) is 13.8. The molecular weight excluding hydrogens is 663 g/mol. The first kappa shape index (κ1) is 48.1. The third kappa shape index (κ3) is 13.6. The number of rotatable bonds is 21. The van der Waals surface area contributed by atoms with E-state index in [4.69, 9.17) is 15.2 Å². The fraction of sp³-hybridized carbons (Fsp3) is 0.760. The quantitative estimate of drug-likeness (QED) is 0.125. The molecule has 0 fully saturated rings. The van der Waals surface area contributed by atoms with E-state index in [1.807, 2.05) is 0 Å². The molecular formula is C50H87NO3. The largest absolute Gasteiger partial charge is 0.493 e. The first-order valence-electron chi connectivity index (χ1n) is 22.0. The Morgan fingerprint density at radius 3 is 1.04 bits per heavy atom. The summed E-state index contributed by atoms with van der Waals surface area (Å²) in [4.78, 5) is 0. The summed E-state index contributed by atoms with van der Waals surface area (Å²) in [7, 11) is 0. The molecule has 4 heteroatoms. The van der Waals surface area contributed by atoms with E-state index < -0.39 is 11.6 Å². The van der Waals surface area contributed by atoms with Crippen molar-refractivity contribution in [3.8, 4) is 11.5 Å². The van der Waals surface area contributed by atoms with Crippen molar-refractivity contribution in [3.05, 3.63) is 57.6 Å². The minimum absolute atomic E-state index is 0.225. The molecule has 54 heavy (non-hydrogen) atoms. The summed E-state index contributed by atoms with van der Waals surface area (Å²) >= 11 is 0. The van der Waals surface area contributed by atoms with Gasteiger partial charge >= 0.3 is 0 Å². The summed E-state index contributed by atoms with van der Waals surface area (Å²) < 4.78 is 13.6. The lowest BCUT2D eigenvalue weighted by Gasteiger charge is -2.41. The van der Waals surface area contributed by atoms with Crippen molar-refractivity contribution in [1.29, 1.82) is 0 Å². The summed E-state index contributed by atoms with van der Waals surface area (Å²) in [5, 5.41) is 13.6. The predicted octanol–water partition coefficient (Wildman–Crippen LogP) is 14.0. The molecule has 1 unspecified atom stereocenters. The van der Waals surface area contributed by atoms with E-state index >= 15 is 0 Å². The fourth-order valence-electron chi connectivity index (χ4n) is 7.62. The molecule has 0 aromatic heterocycles. The molecule has 0 saturated carbocycles. The van der Waals surface area contributed by atoms with Gasteiger partial charge in [0.1, 0.15) is 17.1 Å². The van der Waals surface area contributed by atoms with Crippen molar-refractivity contribution >= 4 is 0 Å². The predicted molar refractivity (Wildman–Crippen MR) is 236 cm³/mol. The molecule has 0 heterocycles. The number of benzene rings is 2. The Bertz CT molecular complexity index is 1240. The topological polar surface area (TPSA) is 64.7 Å². The second kappa shape index (κ2) is 20.4. The number of aliphatic hydroxyl groups is 1. The SMILES string of the molecule is CCCCCCCCOc1c(C(C)(C)C)cc(C(O)(c2cc(C(C)(C)C)c(OCCCCCCCC)c(C(C)(C)C)c2)C(N)CC(C)C)cc1C(C)(C)C. The first-order chi connectivity index (χ1) is 24.9. The van der Waals surface area contributed by atoms with Crippen LogP contribution in [0.1, 0.15) is 228 Å². The minimum atomic E-state index is -1.46. The average Bonchev–Trinajstić information content (AvgIpc) is 3.04. The molecule has 4 nitrogen and oxygen atoms in total. The van der Waals surface area contributed by atoms with Crippen LogP contribution < -0.4 is 15.2 Å². The van der Waals surface area contributed by atoms with Gasteiger partial charge in [0.2, 0.25) is 0 Å². The zero-order chi connectivity index (χ0) is 41.1. The molecule has 0 aliphatic carbocycles. The van der Waals surface area contributed by atoms with Gasteiger partial charge in [0.05, 0.1) is 13.2 Å². The fourth-order valence-corrected chi connectivity index (χ4v) is 7.62. The van der Waals surface area contributed by atoms with Crippen molar-refractivity contribution in [2.24, 2.45) is 11.7 Å². The molecule has 0 spiro atoms. The standard InChI is InChI=1S/C50H87NO3/c1-17-19-21-23-25-27-29-53-44-39(46(5,6)7)32-37(33-40(44)47(8,9)10)50(52,43(51)31-36(3)4)38-34-41(48(11,12)13)45(42(35-38)49(14,15)16)54-30-28-26-24-22-20-18-2/h32-36,43,52H,17-31,51H2,1-16H3. The highest BCUT2D eigenvalue weighted by Crippen LogP contribution is 2.48. The smallest absolute Gasteiger partial charge is 0.130 e. The van der Waals surface area contributed by atoms with Crippen LogP contribution in [-0.4, -0.2) is 24.4 Å². The Kier molecular flexibility index (Phi) is 18.2. The Balaban J connectivity index is 2.92. The molecule has 0 aliphatic heterocycles. The highest BCUT2D eigenvalue weighted by Gasteiger charge is 2.43. The Labute approximate surface area is 335 Å². The lowest BCUT2D eigenvalue weighted by atomic mass is 9.70. The number of ether oxygens (including phenoxy) is 2. The van der Waals surface area contributed by atoms with Crippen LogP contribution in [0.3, 0.4) is 0 Å². The van der Waals surface area contributed by atoms with E-state index in [0.29, 0.717) is 25.6 Å². The van der Waals surface area contributed by atoms with Crippen molar-refractivity contribution < 1.29 is 14.6 Å². The van der Waals surface area contributed by atoms with E-state index in [1.54, 1.807) is 0 Å².